The van der Waals surface area contributed by atoms with Gasteiger partial charge in [-0.15, -0.1) is 0 Å². The molecule has 13 heavy (non-hydrogen) atoms. The molecule has 0 aromatic heterocycles. The summed E-state index contributed by atoms with van der Waals surface area (Å²) in [6, 6.07) is 0. The van der Waals surface area contributed by atoms with Gasteiger partial charge in [0.1, 0.15) is 0 Å². The Kier molecular flexibility index (Phi) is 4.02. The molecule has 0 saturated heterocycles. The largest absolute Gasteiger partial charge is 0.0883 e. The zero-order valence-corrected chi connectivity index (χ0v) is 9.59. The highest BCUT2D eigenvalue weighted by molar-refractivity contribution is 4.99. The molecule has 0 aromatic carbocycles. The highest BCUT2D eigenvalue weighted by atomic mass is 14.5. The van der Waals surface area contributed by atoms with Crippen LogP contribution < -0.4 is 0 Å². The van der Waals surface area contributed by atoms with Crippen molar-refractivity contribution in [3.63, 3.8) is 0 Å². The molecule has 3 unspecified atom stereocenters. The van der Waals surface area contributed by atoms with Crippen LogP contribution >= 0.6 is 0 Å². The predicted molar refractivity (Wildman–Crippen MR) is 59.6 cm³/mol. The lowest BCUT2D eigenvalue weighted by Crippen LogP contribution is -1.99. The summed E-state index contributed by atoms with van der Waals surface area (Å²) in [6.07, 6.45) is 8.79. The van der Waals surface area contributed by atoms with Gasteiger partial charge in [0.05, 0.1) is 0 Å². The summed E-state index contributed by atoms with van der Waals surface area (Å²) in [6.45, 7) is 9.32. The SMILES string of the molecule is CCCC=CC(C)C1CC1C(C)C. The van der Waals surface area contributed by atoms with Crippen molar-refractivity contribution in [3.8, 4) is 0 Å². The van der Waals surface area contributed by atoms with Crippen molar-refractivity contribution in [1.82, 2.24) is 0 Å². The van der Waals surface area contributed by atoms with Crippen molar-refractivity contribution in [2.45, 2.75) is 47.0 Å². The fraction of sp³-hybridized carbons (Fsp3) is 0.846. The molecule has 0 bridgehead atoms. The quantitative estimate of drug-likeness (QED) is 0.554. The Morgan fingerprint density at radius 3 is 2.38 bits per heavy atom. The first-order valence-corrected chi connectivity index (χ1v) is 5.83. The van der Waals surface area contributed by atoms with Crippen molar-refractivity contribution in [2.75, 3.05) is 0 Å². The minimum absolute atomic E-state index is 0.818. The minimum Gasteiger partial charge on any atom is -0.0883 e. The number of unbranched alkanes of at least 4 members (excludes halogenated alkanes) is 1. The van der Waals surface area contributed by atoms with Gasteiger partial charge in [0, 0.05) is 0 Å². The maximum atomic E-state index is 2.43. The Morgan fingerprint density at radius 1 is 1.23 bits per heavy atom. The van der Waals surface area contributed by atoms with Gasteiger partial charge in [-0.2, -0.15) is 0 Å². The van der Waals surface area contributed by atoms with Crippen LogP contribution in [0.3, 0.4) is 0 Å². The highest BCUT2D eigenvalue weighted by Gasteiger charge is 2.41. The first kappa shape index (κ1) is 10.8. The van der Waals surface area contributed by atoms with Crippen molar-refractivity contribution < 1.29 is 0 Å². The molecule has 0 amide bonds. The fourth-order valence-corrected chi connectivity index (χ4v) is 2.23. The van der Waals surface area contributed by atoms with Gasteiger partial charge < -0.3 is 0 Å². The summed E-state index contributed by atoms with van der Waals surface area (Å²) in [5, 5.41) is 0. The van der Waals surface area contributed by atoms with E-state index in [0.29, 0.717) is 0 Å². The second-order valence-corrected chi connectivity index (χ2v) is 4.88. The molecular formula is C13H24. The third-order valence-electron chi connectivity index (χ3n) is 3.32. The van der Waals surface area contributed by atoms with Crippen LogP contribution in [0.15, 0.2) is 12.2 Å². The Balaban J connectivity index is 2.23. The number of hydrogen-bond acceptors (Lipinski definition) is 0. The van der Waals surface area contributed by atoms with Gasteiger partial charge in [-0.1, -0.05) is 46.3 Å². The van der Waals surface area contributed by atoms with Crippen LogP contribution in [0.2, 0.25) is 0 Å². The molecular weight excluding hydrogens is 156 g/mol. The van der Waals surface area contributed by atoms with Gasteiger partial charge in [-0.25, -0.2) is 0 Å². The van der Waals surface area contributed by atoms with Crippen molar-refractivity contribution in [2.24, 2.45) is 23.7 Å². The summed E-state index contributed by atoms with van der Waals surface area (Å²) >= 11 is 0. The number of allylic oxidation sites excluding steroid dienone is 2. The normalized spacial score (nSPS) is 29.9. The Morgan fingerprint density at radius 2 is 1.92 bits per heavy atom. The first-order valence-electron chi connectivity index (χ1n) is 5.83. The molecule has 1 fully saturated rings. The summed E-state index contributed by atoms with van der Waals surface area (Å²) in [4.78, 5) is 0. The van der Waals surface area contributed by atoms with Crippen LogP contribution in [0.25, 0.3) is 0 Å². The summed E-state index contributed by atoms with van der Waals surface area (Å²) in [5.74, 6) is 3.72. The second-order valence-electron chi connectivity index (χ2n) is 4.88. The van der Waals surface area contributed by atoms with Crippen LogP contribution in [0.4, 0.5) is 0 Å². The van der Waals surface area contributed by atoms with Gasteiger partial charge in [-0.05, 0) is 36.5 Å². The third-order valence-corrected chi connectivity index (χ3v) is 3.32. The lowest BCUT2D eigenvalue weighted by Gasteiger charge is -2.07. The molecule has 0 radical (unpaired) electrons. The van der Waals surface area contributed by atoms with Crippen molar-refractivity contribution in [1.29, 1.82) is 0 Å². The van der Waals surface area contributed by atoms with E-state index in [2.05, 4.69) is 39.8 Å². The average molecular weight is 180 g/mol. The maximum absolute atomic E-state index is 2.43. The molecule has 76 valence electrons. The van der Waals surface area contributed by atoms with E-state index in [0.717, 1.165) is 23.7 Å². The van der Waals surface area contributed by atoms with Gasteiger partial charge in [0.15, 0.2) is 0 Å². The lowest BCUT2D eigenvalue weighted by molar-refractivity contribution is 0.471. The average Bonchev–Trinajstić information content (AvgIpc) is 2.83. The molecule has 0 nitrogen and oxygen atoms in total. The van der Waals surface area contributed by atoms with Crippen LogP contribution in [0.5, 0.6) is 0 Å². The van der Waals surface area contributed by atoms with Crippen molar-refractivity contribution in [3.05, 3.63) is 12.2 Å². The van der Waals surface area contributed by atoms with E-state index < -0.39 is 0 Å². The zero-order valence-electron chi connectivity index (χ0n) is 9.59. The van der Waals surface area contributed by atoms with Gasteiger partial charge in [0.25, 0.3) is 0 Å². The summed E-state index contributed by atoms with van der Waals surface area (Å²) in [7, 11) is 0. The minimum atomic E-state index is 0.818. The smallest absolute Gasteiger partial charge is 0.0231 e. The van der Waals surface area contributed by atoms with E-state index in [-0.39, 0.29) is 0 Å². The van der Waals surface area contributed by atoms with Gasteiger partial charge in [0.2, 0.25) is 0 Å². The third kappa shape index (κ3) is 3.17. The molecule has 1 aliphatic rings. The molecule has 0 aliphatic heterocycles. The molecule has 0 spiro atoms. The maximum Gasteiger partial charge on any atom is -0.0231 e. The Hall–Kier alpha value is -0.260. The second kappa shape index (κ2) is 4.83. The zero-order chi connectivity index (χ0) is 9.84. The van der Waals surface area contributed by atoms with E-state index in [1.54, 1.807) is 0 Å². The number of rotatable bonds is 5. The van der Waals surface area contributed by atoms with E-state index in [4.69, 9.17) is 0 Å². The molecule has 0 aromatic rings. The molecule has 0 heterocycles. The van der Waals surface area contributed by atoms with Gasteiger partial charge in [-0.3, -0.25) is 0 Å². The molecule has 0 heteroatoms. The fourth-order valence-electron chi connectivity index (χ4n) is 2.23. The Bertz CT molecular complexity index is 167. The lowest BCUT2D eigenvalue weighted by atomic mass is 9.99. The van der Waals surface area contributed by atoms with Crippen molar-refractivity contribution >= 4 is 0 Å². The van der Waals surface area contributed by atoms with E-state index in [1.807, 2.05) is 0 Å². The van der Waals surface area contributed by atoms with Crippen LogP contribution in [-0.4, -0.2) is 0 Å². The van der Waals surface area contributed by atoms with Crippen LogP contribution in [-0.2, 0) is 0 Å². The number of hydrogen-bond donors (Lipinski definition) is 0. The first-order chi connectivity index (χ1) is 6.16. The standard InChI is InChI=1S/C13H24/c1-5-6-7-8-11(4)13-9-12(13)10(2)3/h7-8,10-13H,5-6,9H2,1-4H3. The molecule has 0 N–H and O–H groups in total. The summed E-state index contributed by atoms with van der Waals surface area (Å²) < 4.78 is 0. The van der Waals surface area contributed by atoms with E-state index >= 15 is 0 Å². The monoisotopic (exact) mass is 180 g/mol. The Labute approximate surface area is 83.4 Å². The predicted octanol–water partition coefficient (Wildman–Crippen LogP) is 4.27. The van der Waals surface area contributed by atoms with Crippen LogP contribution in [0.1, 0.15) is 47.0 Å². The van der Waals surface area contributed by atoms with Crippen LogP contribution in [0, 0.1) is 23.7 Å². The topological polar surface area (TPSA) is 0 Å². The summed E-state index contributed by atoms with van der Waals surface area (Å²) in [5.41, 5.74) is 0. The molecule has 3 atom stereocenters. The molecule has 1 aliphatic carbocycles. The molecule has 1 rings (SSSR count). The van der Waals surface area contributed by atoms with Gasteiger partial charge >= 0.3 is 0 Å². The van der Waals surface area contributed by atoms with E-state index in [9.17, 15) is 0 Å². The van der Waals surface area contributed by atoms with E-state index in [1.165, 1.54) is 19.3 Å². The highest BCUT2D eigenvalue weighted by Crippen LogP contribution is 2.49. The molecule has 1 saturated carbocycles.